The third-order valence-electron chi connectivity index (χ3n) is 3.40. The van der Waals surface area contributed by atoms with Crippen molar-refractivity contribution in [1.82, 2.24) is 5.32 Å². The lowest BCUT2D eigenvalue weighted by Gasteiger charge is -2.04. The summed E-state index contributed by atoms with van der Waals surface area (Å²) in [6.45, 7) is 2.85. The lowest BCUT2D eigenvalue weighted by Crippen LogP contribution is -2.25. The van der Waals surface area contributed by atoms with Crippen LogP contribution in [0.2, 0.25) is 0 Å². The molecule has 2 nitrogen and oxygen atoms in total. The van der Waals surface area contributed by atoms with Crippen LogP contribution in [0.5, 0.6) is 0 Å². The molecule has 0 saturated heterocycles. The topological polar surface area (TPSA) is 29.1 Å². The number of amides is 1. The number of hydrogen-bond donors (Lipinski definition) is 1. The van der Waals surface area contributed by atoms with Gasteiger partial charge in [0.05, 0.1) is 0 Å². The number of thiophene rings is 2. The molecule has 0 fully saturated rings. The van der Waals surface area contributed by atoms with Gasteiger partial charge in [-0.15, -0.1) is 22.7 Å². The maximum atomic E-state index is 12.1. The van der Waals surface area contributed by atoms with Crippen molar-refractivity contribution in [3.63, 3.8) is 0 Å². The quantitative estimate of drug-likeness (QED) is 0.593. The molecule has 1 N–H and O–H groups in total. The Balaban J connectivity index is 1.66. The highest BCUT2D eigenvalue weighted by Gasteiger charge is 2.12. The second-order valence-electron chi connectivity index (χ2n) is 4.75. The minimum absolute atomic E-state index is 0.0353. The summed E-state index contributed by atoms with van der Waals surface area (Å²) in [4.78, 5) is 14.2. The standard InChI is InChI=1S/C16H14INOS2/c1-10-11-4-2-3-5-14(11)21-13(10)6-8-18-16(19)15-12(17)7-9-20-15/h2-5,7,9H,6,8H2,1H3,(H,18,19). The van der Waals surface area contributed by atoms with E-state index in [2.05, 4.69) is 59.1 Å². The molecule has 0 saturated carbocycles. The average Bonchev–Trinajstić information content (AvgIpc) is 3.04. The molecule has 2 aromatic heterocycles. The van der Waals surface area contributed by atoms with Gasteiger partial charge in [-0.05, 0) is 64.4 Å². The van der Waals surface area contributed by atoms with Crippen molar-refractivity contribution in [2.75, 3.05) is 6.54 Å². The Labute approximate surface area is 145 Å². The second kappa shape index (κ2) is 6.46. The van der Waals surface area contributed by atoms with Crippen LogP contribution in [0.15, 0.2) is 35.7 Å². The maximum absolute atomic E-state index is 12.1. The van der Waals surface area contributed by atoms with Gasteiger partial charge in [-0.1, -0.05) is 18.2 Å². The molecule has 0 atom stereocenters. The Morgan fingerprint density at radius 2 is 2.10 bits per heavy atom. The van der Waals surface area contributed by atoms with Crippen LogP contribution >= 0.6 is 45.3 Å². The van der Waals surface area contributed by atoms with Gasteiger partial charge >= 0.3 is 0 Å². The molecule has 1 amide bonds. The molecule has 5 heteroatoms. The van der Waals surface area contributed by atoms with Crippen molar-refractivity contribution in [3.05, 3.63) is 54.6 Å². The fraction of sp³-hybridized carbons (Fsp3) is 0.188. The van der Waals surface area contributed by atoms with E-state index in [9.17, 15) is 4.79 Å². The number of aryl methyl sites for hydroxylation is 1. The van der Waals surface area contributed by atoms with Gasteiger partial charge in [0, 0.05) is 19.7 Å². The van der Waals surface area contributed by atoms with Crippen LogP contribution in [0.4, 0.5) is 0 Å². The SMILES string of the molecule is Cc1c(CCNC(=O)c2sccc2I)sc2ccccc12. The first-order valence-electron chi connectivity index (χ1n) is 6.65. The van der Waals surface area contributed by atoms with E-state index in [1.165, 1.54) is 31.9 Å². The molecule has 3 aromatic rings. The number of carbonyl (C=O) groups is 1. The normalized spacial score (nSPS) is 11.0. The maximum Gasteiger partial charge on any atom is 0.262 e. The van der Waals surface area contributed by atoms with E-state index >= 15 is 0 Å². The van der Waals surface area contributed by atoms with E-state index in [4.69, 9.17) is 0 Å². The van der Waals surface area contributed by atoms with Gasteiger partial charge in [-0.25, -0.2) is 0 Å². The van der Waals surface area contributed by atoms with Gasteiger partial charge in [-0.2, -0.15) is 0 Å². The fourth-order valence-corrected chi connectivity index (χ4v) is 5.25. The highest BCUT2D eigenvalue weighted by molar-refractivity contribution is 14.1. The molecule has 0 radical (unpaired) electrons. The van der Waals surface area contributed by atoms with Gasteiger partial charge < -0.3 is 5.32 Å². The zero-order chi connectivity index (χ0) is 14.8. The Morgan fingerprint density at radius 1 is 1.29 bits per heavy atom. The predicted octanol–water partition coefficient (Wildman–Crippen LogP) is 4.85. The van der Waals surface area contributed by atoms with E-state index in [-0.39, 0.29) is 5.91 Å². The number of hydrogen-bond acceptors (Lipinski definition) is 3. The molecule has 0 aliphatic rings. The Hall–Kier alpha value is -0.920. The summed E-state index contributed by atoms with van der Waals surface area (Å²) in [7, 11) is 0. The van der Waals surface area contributed by atoms with Crippen molar-refractivity contribution in [3.8, 4) is 0 Å². The summed E-state index contributed by atoms with van der Waals surface area (Å²) in [6, 6.07) is 10.4. The summed E-state index contributed by atoms with van der Waals surface area (Å²) in [5.74, 6) is 0.0353. The number of halogens is 1. The van der Waals surface area contributed by atoms with Crippen LogP contribution in [0, 0.1) is 10.5 Å². The first kappa shape index (κ1) is 15.0. The summed E-state index contributed by atoms with van der Waals surface area (Å²) in [6.07, 6.45) is 0.888. The number of rotatable bonds is 4. The first-order valence-corrected chi connectivity index (χ1v) is 9.42. The minimum Gasteiger partial charge on any atom is -0.351 e. The first-order chi connectivity index (χ1) is 10.2. The number of fused-ring (bicyclic) bond motifs is 1. The summed E-state index contributed by atoms with van der Waals surface area (Å²) in [5, 5.41) is 6.30. The van der Waals surface area contributed by atoms with Crippen LogP contribution in [-0.2, 0) is 6.42 Å². The van der Waals surface area contributed by atoms with Crippen LogP contribution in [0.25, 0.3) is 10.1 Å². The van der Waals surface area contributed by atoms with Crippen LogP contribution < -0.4 is 5.32 Å². The molecule has 0 unspecified atom stereocenters. The molecule has 3 rings (SSSR count). The Morgan fingerprint density at radius 3 is 2.81 bits per heavy atom. The van der Waals surface area contributed by atoms with E-state index < -0.39 is 0 Å². The lowest BCUT2D eigenvalue weighted by atomic mass is 10.1. The highest BCUT2D eigenvalue weighted by atomic mass is 127. The number of nitrogens with one attached hydrogen (secondary N) is 1. The lowest BCUT2D eigenvalue weighted by molar-refractivity contribution is 0.0957. The zero-order valence-electron chi connectivity index (χ0n) is 11.5. The van der Waals surface area contributed by atoms with Crippen LogP contribution in [0.1, 0.15) is 20.1 Å². The third-order valence-corrected chi connectivity index (χ3v) is 6.91. The Bertz CT molecular complexity index is 791. The van der Waals surface area contributed by atoms with Crippen LogP contribution in [-0.4, -0.2) is 12.5 Å². The van der Waals surface area contributed by atoms with Gasteiger partial charge in [0.25, 0.3) is 5.91 Å². The monoisotopic (exact) mass is 427 g/mol. The molecule has 21 heavy (non-hydrogen) atoms. The molecule has 108 valence electrons. The molecule has 0 aliphatic carbocycles. The van der Waals surface area contributed by atoms with Crippen molar-refractivity contribution < 1.29 is 4.79 Å². The number of benzene rings is 1. The minimum atomic E-state index is 0.0353. The van der Waals surface area contributed by atoms with Crippen molar-refractivity contribution in [2.24, 2.45) is 0 Å². The summed E-state index contributed by atoms with van der Waals surface area (Å²) in [5.41, 5.74) is 1.34. The highest BCUT2D eigenvalue weighted by Crippen LogP contribution is 2.30. The second-order valence-corrected chi connectivity index (χ2v) is 7.97. The van der Waals surface area contributed by atoms with Gasteiger partial charge in [0.15, 0.2) is 0 Å². The van der Waals surface area contributed by atoms with E-state index in [0.717, 1.165) is 14.9 Å². The third kappa shape index (κ3) is 3.14. The number of carbonyl (C=O) groups excluding carboxylic acids is 1. The summed E-state index contributed by atoms with van der Waals surface area (Å²) >= 11 is 5.52. The molecule has 2 heterocycles. The van der Waals surface area contributed by atoms with E-state index in [1.807, 2.05) is 22.8 Å². The largest absolute Gasteiger partial charge is 0.351 e. The average molecular weight is 427 g/mol. The molecular formula is C16H14INOS2. The molecule has 1 aromatic carbocycles. The molecule has 0 spiro atoms. The zero-order valence-corrected chi connectivity index (χ0v) is 15.3. The fourth-order valence-electron chi connectivity index (χ4n) is 2.29. The van der Waals surface area contributed by atoms with E-state index in [1.54, 1.807) is 0 Å². The van der Waals surface area contributed by atoms with Crippen molar-refractivity contribution in [2.45, 2.75) is 13.3 Å². The summed E-state index contributed by atoms with van der Waals surface area (Å²) < 4.78 is 2.34. The Kier molecular flexibility index (Phi) is 4.61. The van der Waals surface area contributed by atoms with Gasteiger partial charge in [-0.3, -0.25) is 4.79 Å². The molecular weight excluding hydrogens is 413 g/mol. The van der Waals surface area contributed by atoms with Crippen molar-refractivity contribution in [1.29, 1.82) is 0 Å². The van der Waals surface area contributed by atoms with Crippen molar-refractivity contribution >= 4 is 61.3 Å². The smallest absolute Gasteiger partial charge is 0.262 e. The van der Waals surface area contributed by atoms with E-state index in [0.29, 0.717) is 6.54 Å². The predicted molar refractivity (Wildman–Crippen MR) is 99.6 cm³/mol. The van der Waals surface area contributed by atoms with Gasteiger partial charge in [0.2, 0.25) is 0 Å². The van der Waals surface area contributed by atoms with Crippen LogP contribution in [0.3, 0.4) is 0 Å². The molecule has 0 bridgehead atoms. The molecule has 0 aliphatic heterocycles. The van der Waals surface area contributed by atoms with Gasteiger partial charge in [0.1, 0.15) is 4.88 Å².